The standard InChI is InChI=1S/C10H17N3O2/c1-4-13(5-2)10(14)9-6-8(7-11-3)15-12-9/h6,11H,4-5,7H2,1-3H3. The quantitative estimate of drug-likeness (QED) is 0.785. The number of amides is 1. The van der Waals surface area contributed by atoms with E-state index in [0.29, 0.717) is 31.1 Å². The van der Waals surface area contributed by atoms with Gasteiger partial charge in [0.15, 0.2) is 11.5 Å². The molecule has 0 bridgehead atoms. The fourth-order valence-corrected chi connectivity index (χ4v) is 1.34. The molecule has 1 rings (SSSR count). The predicted molar refractivity (Wildman–Crippen MR) is 56.5 cm³/mol. The zero-order chi connectivity index (χ0) is 11.3. The van der Waals surface area contributed by atoms with Gasteiger partial charge in [0.1, 0.15) is 0 Å². The molecule has 0 saturated carbocycles. The second kappa shape index (κ2) is 5.50. The van der Waals surface area contributed by atoms with Crippen LogP contribution in [0, 0.1) is 0 Å². The molecule has 1 aromatic rings. The largest absolute Gasteiger partial charge is 0.359 e. The molecule has 1 aromatic heterocycles. The number of nitrogens with one attached hydrogen (secondary N) is 1. The van der Waals surface area contributed by atoms with Crippen LogP contribution in [-0.2, 0) is 6.54 Å². The van der Waals surface area contributed by atoms with E-state index in [0.717, 1.165) is 0 Å². The van der Waals surface area contributed by atoms with Crippen molar-refractivity contribution in [3.8, 4) is 0 Å². The van der Waals surface area contributed by atoms with Gasteiger partial charge in [-0.05, 0) is 20.9 Å². The Morgan fingerprint density at radius 1 is 1.53 bits per heavy atom. The van der Waals surface area contributed by atoms with Crippen LogP contribution in [0.4, 0.5) is 0 Å². The van der Waals surface area contributed by atoms with Crippen molar-refractivity contribution in [1.82, 2.24) is 15.4 Å². The van der Waals surface area contributed by atoms with Crippen molar-refractivity contribution < 1.29 is 9.32 Å². The van der Waals surface area contributed by atoms with Gasteiger partial charge in [-0.3, -0.25) is 4.79 Å². The average molecular weight is 211 g/mol. The Balaban J connectivity index is 2.73. The highest BCUT2D eigenvalue weighted by Crippen LogP contribution is 2.06. The molecule has 0 aromatic carbocycles. The van der Waals surface area contributed by atoms with Crippen molar-refractivity contribution in [1.29, 1.82) is 0 Å². The van der Waals surface area contributed by atoms with Crippen LogP contribution in [0.25, 0.3) is 0 Å². The molecule has 84 valence electrons. The summed E-state index contributed by atoms with van der Waals surface area (Å²) in [6.45, 7) is 5.83. The molecule has 0 aliphatic carbocycles. The Bertz CT molecular complexity index is 318. The van der Waals surface area contributed by atoms with Gasteiger partial charge < -0.3 is 14.7 Å². The van der Waals surface area contributed by atoms with Gasteiger partial charge in [-0.2, -0.15) is 0 Å². The third-order valence-corrected chi connectivity index (χ3v) is 2.18. The second-order valence-corrected chi connectivity index (χ2v) is 3.19. The molecule has 0 fully saturated rings. The average Bonchev–Trinajstić information content (AvgIpc) is 2.68. The highest BCUT2D eigenvalue weighted by Gasteiger charge is 2.16. The maximum Gasteiger partial charge on any atom is 0.276 e. The van der Waals surface area contributed by atoms with Crippen LogP contribution in [-0.4, -0.2) is 36.1 Å². The third kappa shape index (κ3) is 2.79. The first-order valence-electron chi connectivity index (χ1n) is 5.12. The molecule has 0 atom stereocenters. The zero-order valence-corrected chi connectivity index (χ0v) is 9.41. The van der Waals surface area contributed by atoms with Gasteiger partial charge in [0, 0.05) is 19.2 Å². The number of nitrogens with zero attached hydrogens (tertiary/aromatic N) is 2. The van der Waals surface area contributed by atoms with Gasteiger partial charge >= 0.3 is 0 Å². The summed E-state index contributed by atoms with van der Waals surface area (Å²) in [6.07, 6.45) is 0. The smallest absolute Gasteiger partial charge is 0.276 e. The molecule has 0 aliphatic heterocycles. The normalized spacial score (nSPS) is 10.3. The minimum Gasteiger partial charge on any atom is -0.359 e. The summed E-state index contributed by atoms with van der Waals surface area (Å²) in [7, 11) is 1.81. The minimum absolute atomic E-state index is 0.0777. The number of aromatic nitrogens is 1. The number of hydrogen-bond acceptors (Lipinski definition) is 4. The topological polar surface area (TPSA) is 58.4 Å². The molecule has 1 N–H and O–H groups in total. The number of carbonyl (C=O) groups is 1. The van der Waals surface area contributed by atoms with Gasteiger partial charge in [0.2, 0.25) is 0 Å². The van der Waals surface area contributed by atoms with Crippen molar-refractivity contribution in [2.24, 2.45) is 0 Å². The molecule has 0 spiro atoms. The molecule has 0 radical (unpaired) electrons. The van der Waals surface area contributed by atoms with E-state index in [1.165, 1.54) is 0 Å². The number of carbonyl (C=O) groups excluding carboxylic acids is 1. The van der Waals surface area contributed by atoms with Gasteiger partial charge in [0.25, 0.3) is 5.91 Å². The van der Waals surface area contributed by atoms with E-state index in [9.17, 15) is 4.79 Å². The highest BCUT2D eigenvalue weighted by molar-refractivity contribution is 5.92. The van der Waals surface area contributed by atoms with Crippen LogP contribution in [0.3, 0.4) is 0 Å². The Morgan fingerprint density at radius 2 is 2.20 bits per heavy atom. The van der Waals surface area contributed by atoms with Crippen LogP contribution >= 0.6 is 0 Å². The van der Waals surface area contributed by atoms with Crippen LogP contribution in [0.1, 0.15) is 30.1 Å². The van der Waals surface area contributed by atoms with Crippen LogP contribution in [0.5, 0.6) is 0 Å². The van der Waals surface area contributed by atoms with Crippen molar-refractivity contribution in [2.75, 3.05) is 20.1 Å². The molecule has 0 unspecified atom stereocenters. The van der Waals surface area contributed by atoms with Gasteiger partial charge in [-0.1, -0.05) is 5.16 Å². The molecule has 15 heavy (non-hydrogen) atoms. The molecular weight excluding hydrogens is 194 g/mol. The predicted octanol–water partition coefficient (Wildman–Crippen LogP) is 0.876. The lowest BCUT2D eigenvalue weighted by atomic mass is 10.3. The summed E-state index contributed by atoms with van der Waals surface area (Å²) in [5, 5.41) is 6.68. The molecule has 1 amide bonds. The second-order valence-electron chi connectivity index (χ2n) is 3.19. The summed E-state index contributed by atoms with van der Waals surface area (Å²) in [4.78, 5) is 13.5. The minimum atomic E-state index is -0.0777. The van der Waals surface area contributed by atoms with Crippen molar-refractivity contribution >= 4 is 5.91 Å². The Labute approximate surface area is 89.4 Å². The molecule has 5 heteroatoms. The number of rotatable bonds is 5. The lowest BCUT2D eigenvalue weighted by Crippen LogP contribution is -2.30. The Morgan fingerprint density at radius 3 is 2.73 bits per heavy atom. The van der Waals surface area contributed by atoms with E-state index in [1.54, 1.807) is 11.0 Å². The first kappa shape index (κ1) is 11.7. The zero-order valence-electron chi connectivity index (χ0n) is 9.41. The van der Waals surface area contributed by atoms with Gasteiger partial charge in [-0.25, -0.2) is 0 Å². The summed E-state index contributed by atoms with van der Waals surface area (Å²) in [5.41, 5.74) is 0.379. The lowest BCUT2D eigenvalue weighted by molar-refractivity contribution is 0.0762. The van der Waals surface area contributed by atoms with E-state index in [-0.39, 0.29) is 5.91 Å². The van der Waals surface area contributed by atoms with E-state index < -0.39 is 0 Å². The van der Waals surface area contributed by atoms with Crippen LogP contribution in [0.2, 0.25) is 0 Å². The maximum absolute atomic E-state index is 11.8. The van der Waals surface area contributed by atoms with Crippen molar-refractivity contribution in [3.63, 3.8) is 0 Å². The van der Waals surface area contributed by atoms with Crippen molar-refractivity contribution in [3.05, 3.63) is 17.5 Å². The first-order chi connectivity index (χ1) is 7.22. The van der Waals surface area contributed by atoms with Gasteiger partial charge in [-0.15, -0.1) is 0 Å². The van der Waals surface area contributed by atoms with Crippen molar-refractivity contribution in [2.45, 2.75) is 20.4 Å². The molecule has 0 saturated heterocycles. The molecule has 0 aliphatic rings. The maximum atomic E-state index is 11.8. The third-order valence-electron chi connectivity index (χ3n) is 2.18. The summed E-state index contributed by atoms with van der Waals surface area (Å²) in [5.74, 6) is 0.596. The molecule has 1 heterocycles. The van der Waals surface area contributed by atoms with E-state index in [1.807, 2.05) is 20.9 Å². The van der Waals surface area contributed by atoms with E-state index >= 15 is 0 Å². The Hall–Kier alpha value is -1.36. The SMILES string of the molecule is CCN(CC)C(=O)c1cc(CNC)on1. The molecule has 5 nitrogen and oxygen atoms in total. The monoisotopic (exact) mass is 211 g/mol. The fraction of sp³-hybridized carbons (Fsp3) is 0.600. The summed E-state index contributed by atoms with van der Waals surface area (Å²) in [6, 6.07) is 1.68. The number of hydrogen-bond donors (Lipinski definition) is 1. The van der Waals surface area contributed by atoms with Crippen LogP contribution in [0.15, 0.2) is 10.6 Å². The molecular formula is C10H17N3O2. The van der Waals surface area contributed by atoms with Crippen LogP contribution < -0.4 is 5.32 Å². The Kier molecular flexibility index (Phi) is 4.30. The summed E-state index contributed by atoms with van der Waals surface area (Å²) < 4.78 is 5.01. The first-order valence-corrected chi connectivity index (χ1v) is 5.12. The van der Waals surface area contributed by atoms with E-state index in [4.69, 9.17) is 4.52 Å². The fourth-order valence-electron chi connectivity index (χ4n) is 1.34. The van der Waals surface area contributed by atoms with Gasteiger partial charge in [0.05, 0.1) is 6.54 Å². The lowest BCUT2D eigenvalue weighted by Gasteiger charge is -2.16. The van der Waals surface area contributed by atoms with E-state index in [2.05, 4.69) is 10.5 Å². The summed E-state index contributed by atoms with van der Waals surface area (Å²) >= 11 is 0. The highest BCUT2D eigenvalue weighted by atomic mass is 16.5.